The normalized spacial score (nSPS) is 13.2. The first-order valence-corrected chi connectivity index (χ1v) is 7.15. The van der Waals surface area contributed by atoms with Crippen molar-refractivity contribution in [2.24, 2.45) is 0 Å². The summed E-state index contributed by atoms with van der Waals surface area (Å²) in [4.78, 5) is 2.37. The Kier molecular flexibility index (Phi) is 7.06. The minimum Gasteiger partial charge on any atom is -0.468 e. The molecule has 1 rings (SSSR count). The van der Waals surface area contributed by atoms with Gasteiger partial charge in [0.25, 0.3) is 0 Å². The van der Waals surface area contributed by atoms with E-state index in [1.165, 1.54) is 24.8 Å². The van der Waals surface area contributed by atoms with E-state index >= 15 is 0 Å². The number of furan rings is 1. The molecule has 0 spiro atoms. The minimum atomic E-state index is 0.608. The quantitative estimate of drug-likeness (QED) is 0.683. The van der Waals surface area contributed by atoms with Crippen LogP contribution in [0.3, 0.4) is 0 Å². The zero-order chi connectivity index (χ0) is 13.4. The van der Waals surface area contributed by atoms with Crippen molar-refractivity contribution in [3.63, 3.8) is 0 Å². The second kappa shape index (κ2) is 8.33. The lowest BCUT2D eigenvalue weighted by molar-refractivity contribution is 0.218. The zero-order valence-corrected chi connectivity index (χ0v) is 12.3. The molecule has 0 aliphatic carbocycles. The maximum atomic E-state index is 5.61. The predicted molar refractivity (Wildman–Crippen MR) is 76.5 cm³/mol. The van der Waals surface area contributed by atoms with Gasteiger partial charge in [0.15, 0.2) is 0 Å². The molecule has 104 valence electrons. The standard InChI is InChI=1S/C15H28N2O/c1-5-7-13(3)17(4)12-15-14(8-10-18-15)11-16-9-6-2/h8,10,13,16H,5-7,9,11-12H2,1-4H3. The van der Waals surface area contributed by atoms with Crippen molar-refractivity contribution in [3.8, 4) is 0 Å². The fourth-order valence-corrected chi connectivity index (χ4v) is 2.08. The van der Waals surface area contributed by atoms with Crippen LogP contribution in [0.1, 0.15) is 51.4 Å². The maximum absolute atomic E-state index is 5.61. The van der Waals surface area contributed by atoms with E-state index in [1.807, 2.05) is 0 Å². The SMILES string of the molecule is CCCNCc1ccoc1CN(C)C(C)CCC. The van der Waals surface area contributed by atoms with Gasteiger partial charge >= 0.3 is 0 Å². The van der Waals surface area contributed by atoms with E-state index in [0.29, 0.717) is 6.04 Å². The molecule has 1 heterocycles. The Bertz CT molecular complexity index is 322. The van der Waals surface area contributed by atoms with Gasteiger partial charge in [0.1, 0.15) is 5.76 Å². The van der Waals surface area contributed by atoms with E-state index in [1.54, 1.807) is 6.26 Å². The van der Waals surface area contributed by atoms with Crippen LogP contribution in [0.25, 0.3) is 0 Å². The van der Waals surface area contributed by atoms with Gasteiger partial charge in [0, 0.05) is 18.2 Å². The number of hydrogen-bond acceptors (Lipinski definition) is 3. The summed E-state index contributed by atoms with van der Waals surface area (Å²) in [6, 6.07) is 2.69. The number of hydrogen-bond donors (Lipinski definition) is 1. The topological polar surface area (TPSA) is 28.4 Å². The Morgan fingerprint density at radius 3 is 2.78 bits per heavy atom. The zero-order valence-electron chi connectivity index (χ0n) is 12.3. The molecule has 0 aliphatic rings. The molecule has 0 fully saturated rings. The van der Waals surface area contributed by atoms with Crippen LogP contribution in [0.15, 0.2) is 16.7 Å². The van der Waals surface area contributed by atoms with Gasteiger partial charge in [0.05, 0.1) is 12.8 Å². The first-order chi connectivity index (χ1) is 8.69. The molecular weight excluding hydrogens is 224 g/mol. The summed E-state index contributed by atoms with van der Waals surface area (Å²) in [6.07, 6.45) is 5.44. The Morgan fingerprint density at radius 2 is 2.11 bits per heavy atom. The molecule has 1 atom stereocenters. The van der Waals surface area contributed by atoms with E-state index in [-0.39, 0.29) is 0 Å². The fraction of sp³-hybridized carbons (Fsp3) is 0.733. The van der Waals surface area contributed by atoms with E-state index in [9.17, 15) is 0 Å². The molecule has 3 nitrogen and oxygen atoms in total. The van der Waals surface area contributed by atoms with Gasteiger partial charge in [-0.3, -0.25) is 4.90 Å². The molecule has 18 heavy (non-hydrogen) atoms. The molecule has 0 aromatic carbocycles. The van der Waals surface area contributed by atoms with Crippen LogP contribution in [-0.4, -0.2) is 24.5 Å². The lowest BCUT2D eigenvalue weighted by atomic mass is 10.1. The summed E-state index contributed by atoms with van der Waals surface area (Å²) in [6.45, 7) is 9.57. The van der Waals surface area contributed by atoms with Gasteiger partial charge in [-0.1, -0.05) is 20.3 Å². The summed E-state index contributed by atoms with van der Waals surface area (Å²) in [5.74, 6) is 1.10. The van der Waals surface area contributed by atoms with E-state index < -0.39 is 0 Å². The fourth-order valence-electron chi connectivity index (χ4n) is 2.08. The molecule has 1 N–H and O–H groups in total. The van der Waals surface area contributed by atoms with Crippen LogP contribution in [0, 0.1) is 0 Å². The Morgan fingerprint density at radius 1 is 1.33 bits per heavy atom. The third-order valence-electron chi connectivity index (χ3n) is 3.43. The molecule has 1 aromatic heterocycles. The Balaban J connectivity index is 2.48. The van der Waals surface area contributed by atoms with Gasteiger partial charge in [-0.15, -0.1) is 0 Å². The summed E-state index contributed by atoms with van der Waals surface area (Å²) in [5.41, 5.74) is 1.29. The van der Waals surface area contributed by atoms with Crippen molar-refractivity contribution in [1.29, 1.82) is 0 Å². The average molecular weight is 252 g/mol. The lowest BCUT2D eigenvalue weighted by Gasteiger charge is -2.23. The van der Waals surface area contributed by atoms with E-state index in [4.69, 9.17) is 4.42 Å². The molecule has 3 heteroatoms. The van der Waals surface area contributed by atoms with Crippen molar-refractivity contribution < 1.29 is 4.42 Å². The van der Waals surface area contributed by atoms with Gasteiger partial charge in [-0.25, -0.2) is 0 Å². The Hall–Kier alpha value is -0.800. The molecule has 1 unspecified atom stereocenters. The highest BCUT2D eigenvalue weighted by atomic mass is 16.3. The van der Waals surface area contributed by atoms with Crippen molar-refractivity contribution >= 4 is 0 Å². The molecule has 0 amide bonds. The summed E-state index contributed by atoms with van der Waals surface area (Å²) in [5, 5.41) is 3.43. The Labute approximate surface area is 112 Å². The smallest absolute Gasteiger partial charge is 0.122 e. The second-order valence-corrected chi connectivity index (χ2v) is 5.10. The highest BCUT2D eigenvalue weighted by molar-refractivity contribution is 5.16. The van der Waals surface area contributed by atoms with Crippen LogP contribution in [0.4, 0.5) is 0 Å². The predicted octanol–water partition coefficient (Wildman–Crippen LogP) is 3.40. The first-order valence-electron chi connectivity index (χ1n) is 7.15. The number of nitrogens with zero attached hydrogens (tertiary/aromatic N) is 1. The lowest BCUT2D eigenvalue weighted by Crippen LogP contribution is -2.28. The molecule has 0 saturated heterocycles. The summed E-state index contributed by atoms with van der Waals surface area (Å²) >= 11 is 0. The summed E-state index contributed by atoms with van der Waals surface area (Å²) in [7, 11) is 2.17. The highest BCUT2D eigenvalue weighted by Gasteiger charge is 2.13. The second-order valence-electron chi connectivity index (χ2n) is 5.10. The monoisotopic (exact) mass is 252 g/mol. The average Bonchev–Trinajstić information content (AvgIpc) is 2.77. The van der Waals surface area contributed by atoms with Crippen LogP contribution < -0.4 is 5.32 Å². The van der Waals surface area contributed by atoms with Crippen molar-refractivity contribution in [2.45, 2.75) is 59.2 Å². The maximum Gasteiger partial charge on any atom is 0.122 e. The van der Waals surface area contributed by atoms with E-state index in [0.717, 1.165) is 25.4 Å². The molecular formula is C15H28N2O. The molecule has 0 aliphatic heterocycles. The van der Waals surface area contributed by atoms with Crippen molar-refractivity contribution in [2.75, 3.05) is 13.6 Å². The molecule has 0 radical (unpaired) electrons. The van der Waals surface area contributed by atoms with E-state index in [2.05, 4.69) is 44.1 Å². The third kappa shape index (κ3) is 4.83. The first kappa shape index (κ1) is 15.3. The van der Waals surface area contributed by atoms with Crippen LogP contribution in [0.2, 0.25) is 0 Å². The molecule has 0 saturated carbocycles. The largest absolute Gasteiger partial charge is 0.468 e. The van der Waals surface area contributed by atoms with Crippen molar-refractivity contribution in [1.82, 2.24) is 10.2 Å². The minimum absolute atomic E-state index is 0.608. The molecule has 1 aromatic rings. The molecule has 0 bridgehead atoms. The number of rotatable bonds is 9. The van der Waals surface area contributed by atoms with Gasteiger partial charge in [0.2, 0.25) is 0 Å². The third-order valence-corrected chi connectivity index (χ3v) is 3.43. The van der Waals surface area contributed by atoms with Crippen LogP contribution in [-0.2, 0) is 13.1 Å². The van der Waals surface area contributed by atoms with Gasteiger partial charge in [-0.2, -0.15) is 0 Å². The number of nitrogens with one attached hydrogen (secondary N) is 1. The van der Waals surface area contributed by atoms with Gasteiger partial charge < -0.3 is 9.73 Å². The van der Waals surface area contributed by atoms with Crippen molar-refractivity contribution in [3.05, 3.63) is 23.7 Å². The van der Waals surface area contributed by atoms with Crippen LogP contribution in [0.5, 0.6) is 0 Å². The summed E-state index contributed by atoms with van der Waals surface area (Å²) < 4.78 is 5.61. The van der Waals surface area contributed by atoms with Crippen LogP contribution >= 0.6 is 0 Å². The highest BCUT2D eigenvalue weighted by Crippen LogP contribution is 2.15. The van der Waals surface area contributed by atoms with Gasteiger partial charge in [-0.05, 0) is 39.4 Å².